The second-order valence-electron chi connectivity index (χ2n) is 5.83. The van der Waals surface area contributed by atoms with Crippen molar-refractivity contribution < 1.29 is 28.6 Å². The third kappa shape index (κ3) is 3.15. The van der Waals surface area contributed by atoms with Crippen LogP contribution in [0.25, 0.3) is 0 Å². The molecule has 1 aliphatic heterocycles. The summed E-state index contributed by atoms with van der Waals surface area (Å²) < 4.78 is 15.0. The Hall–Kier alpha value is -2.67. The summed E-state index contributed by atoms with van der Waals surface area (Å²) in [6.07, 6.45) is 2.21. The molecule has 0 N–H and O–H groups in total. The predicted molar refractivity (Wildman–Crippen MR) is 88.1 cm³/mol. The van der Waals surface area contributed by atoms with Crippen LogP contribution in [0.5, 0.6) is 0 Å². The molecular weight excluding hydrogens is 326 g/mol. The smallest absolute Gasteiger partial charge is 0.355 e. The Morgan fingerprint density at radius 2 is 1.88 bits per heavy atom. The van der Waals surface area contributed by atoms with E-state index in [-0.39, 0.29) is 30.4 Å². The zero-order chi connectivity index (χ0) is 18.0. The van der Waals surface area contributed by atoms with Gasteiger partial charge in [0.2, 0.25) is 0 Å². The number of Topliss-reactive ketones (excluding diaryl/α,β-unsaturated/α-hetero) is 1. The first-order chi connectivity index (χ1) is 12.1. The summed E-state index contributed by atoms with van der Waals surface area (Å²) in [5.41, 5.74) is 2.40. The number of hydrogen-bond acceptors (Lipinski definition) is 7. The van der Waals surface area contributed by atoms with Crippen molar-refractivity contribution in [3.63, 3.8) is 0 Å². The van der Waals surface area contributed by atoms with Crippen molar-refractivity contribution in [3.8, 4) is 0 Å². The lowest BCUT2D eigenvalue weighted by Gasteiger charge is -2.32. The molecule has 7 heteroatoms. The molecule has 0 unspecified atom stereocenters. The second kappa shape index (κ2) is 7.06. The number of hydrogen-bond donors (Lipinski definition) is 0. The fraction of sp³-hybridized carbons (Fsp3) is 0.389. The van der Waals surface area contributed by atoms with Gasteiger partial charge < -0.3 is 19.1 Å². The van der Waals surface area contributed by atoms with Crippen molar-refractivity contribution in [3.05, 3.63) is 40.6 Å². The number of ether oxygens (including phenoxy) is 3. The van der Waals surface area contributed by atoms with Gasteiger partial charge in [0.1, 0.15) is 12.4 Å². The number of methoxy groups -OCH3 is 2. The average Bonchev–Trinajstić information content (AvgIpc) is 2.66. The van der Waals surface area contributed by atoms with Gasteiger partial charge in [0.15, 0.2) is 5.78 Å². The molecular formula is C18H19NO6. The topological polar surface area (TPSA) is 82.1 Å². The number of esters is 2. The molecule has 2 aliphatic rings. The number of carbonyl (C=O) groups excluding carboxylic acids is 3. The van der Waals surface area contributed by atoms with E-state index in [9.17, 15) is 14.4 Å². The summed E-state index contributed by atoms with van der Waals surface area (Å²) in [5, 5.41) is 0. The van der Waals surface area contributed by atoms with Gasteiger partial charge in [0.05, 0.1) is 26.4 Å². The number of carbonyl (C=O) groups is 3. The van der Waals surface area contributed by atoms with Crippen molar-refractivity contribution >= 4 is 23.4 Å². The molecule has 1 aliphatic carbocycles. The minimum atomic E-state index is -0.659. The zero-order valence-corrected chi connectivity index (χ0v) is 14.2. The van der Waals surface area contributed by atoms with Gasteiger partial charge in [0.25, 0.3) is 0 Å². The maximum Gasteiger partial charge on any atom is 0.355 e. The number of nitrogens with zero attached hydrogens (tertiary/aromatic N) is 1. The highest BCUT2D eigenvalue weighted by Crippen LogP contribution is 2.31. The Kier molecular flexibility index (Phi) is 4.85. The SMILES string of the molecule is COC(=O)C1=C(C(=O)OC)N(c2ccc3c(c2)C(=O)CCC3)COC1. The van der Waals surface area contributed by atoms with Crippen LogP contribution in [0.4, 0.5) is 5.69 Å². The van der Waals surface area contributed by atoms with Crippen LogP contribution < -0.4 is 4.90 Å². The fourth-order valence-corrected chi connectivity index (χ4v) is 3.13. The van der Waals surface area contributed by atoms with Gasteiger partial charge in [-0.15, -0.1) is 0 Å². The van der Waals surface area contributed by atoms with Crippen molar-refractivity contribution in [1.29, 1.82) is 0 Å². The molecule has 1 heterocycles. The number of anilines is 1. The molecule has 0 bridgehead atoms. The third-order valence-electron chi connectivity index (χ3n) is 4.39. The van der Waals surface area contributed by atoms with Gasteiger partial charge in [-0.1, -0.05) is 6.07 Å². The Morgan fingerprint density at radius 3 is 2.60 bits per heavy atom. The van der Waals surface area contributed by atoms with Crippen LogP contribution in [0.15, 0.2) is 29.5 Å². The first-order valence-corrected chi connectivity index (χ1v) is 7.98. The van der Waals surface area contributed by atoms with Gasteiger partial charge in [-0.25, -0.2) is 9.59 Å². The highest BCUT2D eigenvalue weighted by atomic mass is 16.5. The van der Waals surface area contributed by atoms with E-state index >= 15 is 0 Å². The minimum absolute atomic E-state index is 0.0442. The number of aryl methyl sites for hydroxylation is 1. The summed E-state index contributed by atoms with van der Waals surface area (Å²) in [6.45, 7) is 0.0232. The number of rotatable bonds is 3. The molecule has 0 fully saturated rings. The Bertz CT molecular complexity index is 767. The molecule has 1 aromatic rings. The first-order valence-electron chi connectivity index (χ1n) is 7.98. The lowest BCUT2D eigenvalue weighted by atomic mass is 9.90. The highest BCUT2D eigenvalue weighted by Gasteiger charge is 2.33. The van der Waals surface area contributed by atoms with E-state index in [4.69, 9.17) is 14.2 Å². The van der Waals surface area contributed by atoms with Crippen LogP contribution in [-0.2, 0) is 30.2 Å². The first kappa shape index (κ1) is 17.2. The molecule has 3 rings (SSSR count). The molecule has 0 saturated heterocycles. The van der Waals surface area contributed by atoms with Crippen LogP contribution >= 0.6 is 0 Å². The summed E-state index contributed by atoms with van der Waals surface area (Å²) >= 11 is 0. The van der Waals surface area contributed by atoms with Gasteiger partial charge in [-0.3, -0.25) is 4.79 Å². The van der Waals surface area contributed by atoms with Crippen molar-refractivity contribution in [1.82, 2.24) is 0 Å². The maximum absolute atomic E-state index is 12.3. The molecule has 0 atom stereocenters. The molecule has 25 heavy (non-hydrogen) atoms. The standard InChI is InChI=1S/C18H19NO6/c1-23-17(21)14-9-25-10-19(16(14)18(22)24-2)12-7-6-11-4-3-5-15(20)13(11)8-12/h6-8H,3-5,9-10H2,1-2H3. The van der Waals surface area contributed by atoms with Crippen LogP contribution in [0, 0.1) is 0 Å². The van der Waals surface area contributed by atoms with Crippen molar-refractivity contribution in [2.24, 2.45) is 0 Å². The van der Waals surface area contributed by atoms with Crippen molar-refractivity contribution in [2.45, 2.75) is 19.3 Å². The summed E-state index contributed by atoms with van der Waals surface area (Å²) in [6, 6.07) is 5.43. The van der Waals surface area contributed by atoms with E-state index in [1.165, 1.54) is 19.1 Å². The average molecular weight is 345 g/mol. The predicted octanol–water partition coefficient (Wildman–Crippen LogP) is 1.60. The number of benzene rings is 1. The van der Waals surface area contributed by atoms with E-state index in [0.717, 1.165) is 18.4 Å². The van der Waals surface area contributed by atoms with E-state index < -0.39 is 11.9 Å². The molecule has 0 spiro atoms. The van der Waals surface area contributed by atoms with Crippen LogP contribution in [0.1, 0.15) is 28.8 Å². The normalized spacial score (nSPS) is 17.2. The van der Waals surface area contributed by atoms with E-state index in [2.05, 4.69) is 0 Å². The number of ketones is 1. The molecule has 7 nitrogen and oxygen atoms in total. The van der Waals surface area contributed by atoms with Gasteiger partial charge in [-0.2, -0.15) is 0 Å². The van der Waals surface area contributed by atoms with Crippen LogP contribution in [0.2, 0.25) is 0 Å². The van der Waals surface area contributed by atoms with E-state index in [0.29, 0.717) is 17.7 Å². The molecule has 0 radical (unpaired) electrons. The van der Waals surface area contributed by atoms with Gasteiger partial charge in [-0.05, 0) is 30.5 Å². The Balaban J connectivity index is 2.08. The number of fused-ring (bicyclic) bond motifs is 1. The minimum Gasteiger partial charge on any atom is -0.466 e. The Labute approximate surface area is 145 Å². The molecule has 0 amide bonds. The van der Waals surface area contributed by atoms with Crippen molar-refractivity contribution in [2.75, 3.05) is 32.5 Å². The van der Waals surface area contributed by atoms with Gasteiger partial charge >= 0.3 is 11.9 Å². The molecule has 132 valence electrons. The monoisotopic (exact) mass is 345 g/mol. The second-order valence-corrected chi connectivity index (χ2v) is 5.83. The highest BCUT2D eigenvalue weighted by molar-refractivity contribution is 6.04. The lowest BCUT2D eigenvalue weighted by molar-refractivity contribution is -0.140. The Morgan fingerprint density at radius 1 is 1.12 bits per heavy atom. The molecule has 1 aromatic carbocycles. The fourth-order valence-electron chi connectivity index (χ4n) is 3.13. The van der Waals surface area contributed by atoms with E-state index in [1.807, 2.05) is 12.1 Å². The third-order valence-corrected chi connectivity index (χ3v) is 4.39. The molecule has 0 aromatic heterocycles. The summed E-state index contributed by atoms with van der Waals surface area (Å²) in [5.74, 6) is -1.23. The largest absolute Gasteiger partial charge is 0.466 e. The maximum atomic E-state index is 12.3. The lowest BCUT2D eigenvalue weighted by Crippen LogP contribution is -2.39. The van der Waals surface area contributed by atoms with Crippen LogP contribution in [0.3, 0.4) is 0 Å². The zero-order valence-electron chi connectivity index (χ0n) is 14.2. The van der Waals surface area contributed by atoms with Crippen LogP contribution in [-0.4, -0.2) is 45.3 Å². The molecule has 0 saturated carbocycles. The van der Waals surface area contributed by atoms with E-state index in [1.54, 1.807) is 6.07 Å². The summed E-state index contributed by atoms with van der Waals surface area (Å²) in [7, 11) is 2.48. The summed E-state index contributed by atoms with van der Waals surface area (Å²) in [4.78, 5) is 38.0. The quantitative estimate of drug-likeness (QED) is 0.770. The van der Waals surface area contributed by atoms with Gasteiger partial charge in [0, 0.05) is 17.7 Å².